The van der Waals surface area contributed by atoms with Crippen molar-refractivity contribution in [2.45, 2.75) is 59.1 Å². The van der Waals surface area contributed by atoms with Gasteiger partial charge in [0, 0.05) is 14.1 Å². The van der Waals surface area contributed by atoms with E-state index in [2.05, 4.69) is 33.0 Å². The average Bonchev–Trinajstić information content (AvgIpc) is 2.01. The first kappa shape index (κ1) is 12.9. The van der Waals surface area contributed by atoms with E-state index in [1.165, 1.54) is 19.3 Å². The highest BCUT2D eigenvalue weighted by molar-refractivity contribution is 4.52. The first-order chi connectivity index (χ1) is 6.13. The number of rotatable bonds is 8. The van der Waals surface area contributed by atoms with Gasteiger partial charge >= 0.3 is 0 Å². The maximum atomic E-state index is 5.45. The summed E-state index contributed by atoms with van der Waals surface area (Å²) in [6.45, 7) is 10.6. The number of hydrogen-bond donors (Lipinski definition) is 1. The van der Waals surface area contributed by atoms with E-state index in [0.29, 0.717) is 12.1 Å². The minimum atomic E-state index is 0. The van der Waals surface area contributed by atoms with E-state index >= 15 is 0 Å². The molecule has 0 saturated heterocycles. The highest BCUT2D eigenvalue weighted by atomic mass is 16.5. The predicted octanol–water partition coefficient (Wildman–Crippen LogP) is 2.83. The molecule has 13 heavy (non-hydrogen) atoms. The second-order valence-corrected chi connectivity index (χ2v) is 4.09. The van der Waals surface area contributed by atoms with Gasteiger partial charge in [0.2, 0.25) is 0 Å². The Morgan fingerprint density at radius 1 is 1.08 bits per heavy atom. The molecule has 1 N–H and O–H groups in total. The van der Waals surface area contributed by atoms with E-state index in [1.54, 1.807) is 0 Å². The number of ether oxygens (including phenoxy) is 1. The molecule has 0 unspecified atom stereocenters. The molecule has 0 aliphatic rings. The molecule has 0 radical (unpaired) electrons. The summed E-state index contributed by atoms with van der Waals surface area (Å²) in [6.07, 6.45) is 4.11. The third kappa shape index (κ3) is 11.9. The molecule has 0 spiro atoms. The molecular formula is C11H27NO. The van der Waals surface area contributed by atoms with Gasteiger partial charge in [-0.25, -0.2) is 0 Å². The van der Waals surface area contributed by atoms with Gasteiger partial charge < -0.3 is 10.1 Å². The standard InChI is InChI=1S/C11H25NO.H2/c1-10(2)12-8-6-5-7-9-13-11(3)4;/h10-12H,5-9H2,1-4H3;1H. The van der Waals surface area contributed by atoms with Crippen LogP contribution < -0.4 is 5.32 Å². The first-order valence-corrected chi connectivity index (χ1v) is 5.48. The van der Waals surface area contributed by atoms with Crippen LogP contribution in [-0.4, -0.2) is 25.3 Å². The molecule has 0 atom stereocenters. The smallest absolute Gasteiger partial charge is 0.0518 e. The highest BCUT2D eigenvalue weighted by Gasteiger charge is 1.94. The van der Waals surface area contributed by atoms with Crippen LogP contribution in [0.3, 0.4) is 0 Å². The van der Waals surface area contributed by atoms with Crippen molar-refractivity contribution in [3.63, 3.8) is 0 Å². The Bertz CT molecular complexity index is 95.5. The maximum Gasteiger partial charge on any atom is 0.0518 e. The fourth-order valence-corrected chi connectivity index (χ4v) is 1.11. The average molecular weight is 189 g/mol. The number of unbranched alkanes of at least 4 members (excludes halogenated alkanes) is 2. The molecule has 0 aliphatic heterocycles. The van der Waals surface area contributed by atoms with Crippen LogP contribution in [0.4, 0.5) is 0 Å². The monoisotopic (exact) mass is 189 g/mol. The molecule has 2 heteroatoms. The summed E-state index contributed by atoms with van der Waals surface area (Å²) >= 11 is 0. The quantitative estimate of drug-likeness (QED) is 0.593. The van der Waals surface area contributed by atoms with Crippen molar-refractivity contribution in [3.8, 4) is 0 Å². The van der Waals surface area contributed by atoms with E-state index in [-0.39, 0.29) is 1.43 Å². The zero-order chi connectivity index (χ0) is 10.1. The largest absolute Gasteiger partial charge is 0.379 e. The van der Waals surface area contributed by atoms with Crippen molar-refractivity contribution < 1.29 is 6.16 Å². The topological polar surface area (TPSA) is 21.3 Å². The van der Waals surface area contributed by atoms with E-state index < -0.39 is 0 Å². The Balaban J connectivity index is 0. The van der Waals surface area contributed by atoms with Crippen LogP contribution in [-0.2, 0) is 4.74 Å². The van der Waals surface area contributed by atoms with Gasteiger partial charge in [-0.1, -0.05) is 13.8 Å². The molecular weight excluding hydrogens is 162 g/mol. The fourth-order valence-electron chi connectivity index (χ4n) is 1.11. The lowest BCUT2D eigenvalue weighted by Crippen LogP contribution is -2.23. The van der Waals surface area contributed by atoms with Crippen molar-refractivity contribution in [2.75, 3.05) is 13.2 Å². The van der Waals surface area contributed by atoms with Crippen molar-refractivity contribution in [3.05, 3.63) is 0 Å². The zero-order valence-electron chi connectivity index (χ0n) is 9.60. The lowest BCUT2D eigenvalue weighted by atomic mass is 10.2. The molecule has 0 bridgehead atoms. The molecule has 0 heterocycles. The van der Waals surface area contributed by atoms with Gasteiger partial charge in [0.05, 0.1) is 6.10 Å². The molecule has 82 valence electrons. The Labute approximate surface area is 84.5 Å². The molecule has 0 amide bonds. The Morgan fingerprint density at radius 3 is 2.31 bits per heavy atom. The summed E-state index contributed by atoms with van der Waals surface area (Å²) < 4.78 is 5.45. The summed E-state index contributed by atoms with van der Waals surface area (Å²) in [7, 11) is 0. The summed E-state index contributed by atoms with van der Waals surface area (Å²) in [5, 5.41) is 3.40. The number of nitrogens with one attached hydrogen (secondary N) is 1. The Morgan fingerprint density at radius 2 is 1.77 bits per heavy atom. The van der Waals surface area contributed by atoms with Gasteiger partial charge in [-0.15, -0.1) is 0 Å². The molecule has 0 aromatic rings. The Kier molecular flexibility index (Phi) is 8.46. The normalized spacial score (nSPS) is 11.5. The van der Waals surface area contributed by atoms with Crippen molar-refractivity contribution in [1.82, 2.24) is 5.32 Å². The van der Waals surface area contributed by atoms with Crippen molar-refractivity contribution >= 4 is 0 Å². The summed E-state index contributed by atoms with van der Waals surface area (Å²) in [5.41, 5.74) is 0. The lowest BCUT2D eigenvalue weighted by molar-refractivity contribution is 0.0757. The summed E-state index contributed by atoms with van der Waals surface area (Å²) in [4.78, 5) is 0. The molecule has 0 aromatic heterocycles. The van der Waals surface area contributed by atoms with Gasteiger partial charge in [0.15, 0.2) is 0 Å². The van der Waals surface area contributed by atoms with Crippen LogP contribution in [0.2, 0.25) is 0 Å². The molecule has 2 nitrogen and oxygen atoms in total. The maximum absolute atomic E-state index is 5.45. The summed E-state index contributed by atoms with van der Waals surface area (Å²) in [6, 6.07) is 0.618. The minimum Gasteiger partial charge on any atom is -0.379 e. The van der Waals surface area contributed by atoms with Gasteiger partial charge in [-0.3, -0.25) is 0 Å². The molecule has 0 rings (SSSR count). The third-order valence-corrected chi connectivity index (χ3v) is 1.82. The van der Waals surface area contributed by atoms with Crippen LogP contribution in [0.5, 0.6) is 0 Å². The van der Waals surface area contributed by atoms with E-state index in [0.717, 1.165) is 13.2 Å². The van der Waals surface area contributed by atoms with Crippen LogP contribution >= 0.6 is 0 Å². The van der Waals surface area contributed by atoms with E-state index in [9.17, 15) is 0 Å². The molecule has 0 saturated carbocycles. The van der Waals surface area contributed by atoms with Crippen LogP contribution in [0, 0.1) is 0 Å². The van der Waals surface area contributed by atoms with Crippen LogP contribution in [0.15, 0.2) is 0 Å². The zero-order valence-corrected chi connectivity index (χ0v) is 9.60. The lowest BCUT2D eigenvalue weighted by Gasteiger charge is -2.08. The molecule has 0 aromatic carbocycles. The van der Waals surface area contributed by atoms with Crippen molar-refractivity contribution in [2.24, 2.45) is 0 Å². The van der Waals surface area contributed by atoms with Gasteiger partial charge in [-0.05, 0) is 39.7 Å². The van der Waals surface area contributed by atoms with Gasteiger partial charge in [0.25, 0.3) is 0 Å². The van der Waals surface area contributed by atoms with Crippen LogP contribution in [0.1, 0.15) is 48.4 Å². The van der Waals surface area contributed by atoms with E-state index in [4.69, 9.17) is 4.74 Å². The third-order valence-electron chi connectivity index (χ3n) is 1.82. The Hall–Kier alpha value is -0.0800. The second kappa shape index (κ2) is 8.52. The highest BCUT2D eigenvalue weighted by Crippen LogP contribution is 1.97. The van der Waals surface area contributed by atoms with E-state index in [1.807, 2.05) is 0 Å². The second-order valence-electron chi connectivity index (χ2n) is 4.09. The van der Waals surface area contributed by atoms with Crippen LogP contribution in [0.25, 0.3) is 0 Å². The SMILES string of the molecule is CC(C)NCCCCCOC(C)C.[HH]. The minimum absolute atomic E-state index is 0. The predicted molar refractivity (Wildman–Crippen MR) is 60.2 cm³/mol. The fraction of sp³-hybridized carbons (Fsp3) is 1.00. The first-order valence-electron chi connectivity index (χ1n) is 5.48. The molecule has 0 aliphatic carbocycles. The van der Waals surface area contributed by atoms with Gasteiger partial charge in [-0.2, -0.15) is 0 Å². The summed E-state index contributed by atoms with van der Waals surface area (Å²) in [5.74, 6) is 0. The molecule has 0 fully saturated rings. The van der Waals surface area contributed by atoms with Crippen molar-refractivity contribution in [1.29, 1.82) is 0 Å². The number of hydrogen-bond acceptors (Lipinski definition) is 2. The van der Waals surface area contributed by atoms with Gasteiger partial charge in [0.1, 0.15) is 0 Å².